The van der Waals surface area contributed by atoms with Gasteiger partial charge in [-0.25, -0.2) is 9.59 Å². The van der Waals surface area contributed by atoms with Gasteiger partial charge in [0.25, 0.3) is 0 Å². The minimum absolute atomic E-state index is 0.116. The number of amides is 2. The maximum atomic E-state index is 13.3. The minimum Gasteiger partial charge on any atom is -0.465 e. The van der Waals surface area contributed by atoms with Gasteiger partial charge < -0.3 is 20.5 Å². The number of urea groups is 1. The number of hydrogen-bond acceptors (Lipinski definition) is 5. The summed E-state index contributed by atoms with van der Waals surface area (Å²) in [4.78, 5) is 34.9. The van der Waals surface area contributed by atoms with Crippen LogP contribution >= 0.6 is 0 Å². The molecule has 0 radical (unpaired) electrons. The number of methoxy groups -OCH3 is 1. The van der Waals surface area contributed by atoms with Crippen molar-refractivity contribution in [1.82, 2.24) is 10.6 Å². The number of ketones is 1. The van der Waals surface area contributed by atoms with Crippen LogP contribution in [0, 0.1) is 5.92 Å². The van der Waals surface area contributed by atoms with Crippen LogP contribution in [-0.2, 0) is 9.53 Å². The number of esters is 1. The molecule has 2 rings (SSSR count). The average molecular weight is 360 g/mol. The van der Waals surface area contributed by atoms with Crippen molar-refractivity contribution >= 4 is 17.8 Å². The second-order valence-electron chi connectivity index (χ2n) is 5.54. The van der Waals surface area contributed by atoms with E-state index in [-0.39, 0.29) is 11.1 Å². The van der Waals surface area contributed by atoms with Crippen molar-refractivity contribution in [3.05, 3.63) is 35.4 Å². The highest BCUT2D eigenvalue weighted by molar-refractivity contribution is 5.89. The predicted octanol–water partition coefficient (Wildman–Crippen LogP) is 1.28. The molecule has 3 atom stereocenters. The van der Waals surface area contributed by atoms with E-state index in [2.05, 4.69) is 10.1 Å². The van der Waals surface area contributed by atoms with Gasteiger partial charge in [-0.15, -0.1) is 0 Å². The van der Waals surface area contributed by atoms with Crippen molar-refractivity contribution in [3.63, 3.8) is 0 Å². The van der Waals surface area contributed by atoms with Crippen molar-refractivity contribution in [3.8, 4) is 0 Å². The normalized spacial score (nSPS) is 26.4. The summed E-state index contributed by atoms with van der Waals surface area (Å²) in [6, 6.07) is 2.38. The van der Waals surface area contributed by atoms with E-state index >= 15 is 0 Å². The standard InChI is InChI=1S/C15H15F3N2O5/c1-7(21)10-11(8-3-5-9(6-4-8)12(22)25-2)19-13(23)20-14(10,24)15(16,17)18/h3-6,10-11,24H,1-2H3,(H2,19,20,23)/t10-,11+,14+/m1/s1. The highest BCUT2D eigenvalue weighted by Gasteiger charge is 2.65. The molecule has 10 heteroatoms. The van der Waals surface area contributed by atoms with E-state index in [0.29, 0.717) is 0 Å². The van der Waals surface area contributed by atoms with Crippen molar-refractivity contribution < 1.29 is 37.4 Å². The summed E-state index contributed by atoms with van der Waals surface area (Å²) >= 11 is 0. The van der Waals surface area contributed by atoms with Crippen LogP contribution < -0.4 is 10.6 Å². The third-order valence-corrected chi connectivity index (χ3v) is 3.94. The van der Waals surface area contributed by atoms with Crippen LogP contribution in [0.25, 0.3) is 0 Å². The first-order valence-corrected chi connectivity index (χ1v) is 7.07. The Kier molecular flexibility index (Phi) is 4.76. The number of rotatable bonds is 3. The summed E-state index contributed by atoms with van der Waals surface area (Å²) in [6.07, 6.45) is -5.27. The molecule has 0 bridgehead atoms. The molecule has 3 N–H and O–H groups in total. The van der Waals surface area contributed by atoms with Gasteiger partial charge in [0.1, 0.15) is 5.78 Å². The van der Waals surface area contributed by atoms with Crippen molar-refractivity contribution in [2.24, 2.45) is 5.92 Å². The highest BCUT2D eigenvalue weighted by atomic mass is 19.4. The lowest BCUT2D eigenvalue weighted by molar-refractivity contribution is -0.290. The summed E-state index contributed by atoms with van der Waals surface area (Å²) in [6.45, 7) is 0.885. The van der Waals surface area contributed by atoms with E-state index < -0.39 is 41.6 Å². The van der Waals surface area contributed by atoms with Gasteiger partial charge in [0, 0.05) is 0 Å². The molecule has 7 nitrogen and oxygen atoms in total. The van der Waals surface area contributed by atoms with Gasteiger partial charge in [0.05, 0.1) is 24.6 Å². The van der Waals surface area contributed by atoms with Crippen molar-refractivity contribution in [2.75, 3.05) is 7.11 Å². The van der Waals surface area contributed by atoms with Gasteiger partial charge in [-0.2, -0.15) is 13.2 Å². The van der Waals surface area contributed by atoms with Gasteiger partial charge in [-0.1, -0.05) is 12.1 Å². The lowest BCUT2D eigenvalue weighted by Gasteiger charge is -2.44. The highest BCUT2D eigenvalue weighted by Crippen LogP contribution is 2.42. The molecule has 1 aromatic rings. The molecule has 0 unspecified atom stereocenters. The molecule has 1 fully saturated rings. The Morgan fingerprint density at radius 2 is 1.80 bits per heavy atom. The van der Waals surface area contributed by atoms with Crippen molar-refractivity contribution in [2.45, 2.75) is 24.9 Å². The Labute approximate surface area is 140 Å². The molecule has 0 saturated carbocycles. The molecule has 0 spiro atoms. The maximum Gasteiger partial charge on any atom is 0.437 e. The number of aliphatic hydroxyl groups is 1. The van der Waals surface area contributed by atoms with Gasteiger partial charge >= 0.3 is 18.2 Å². The number of benzene rings is 1. The second kappa shape index (κ2) is 6.36. The number of carbonyl (C=O) groups excluding carboxylic acids is 3. The lowest BCUT2D eigenvalue weighted by atomic mass is 9.79. The molecule has 0 aromatic heterocycles. The number of alkyl halides is 3. The number of halogens is 3. The van der Waals surface area contributed by atoms with Crippen LogP contribution in [0.15, 0.2) is 24.3 Å². The monoisotopic (exact) mass is 360 g/mol. The van der Waals surface area contributed by atoms with Gasteiger partial charge in [0.15, 0.2) is 0 Å². The fourth-order valence-electron chi connectivity index (χ4n) is 2.75. The predicted molar refractivity (Wildman–Crippen MR) is 77.4 cm³/mol. The van der Waals surface area contributed by atoms with Crippen LogP contribution in [0.2, 0.25) is 0 Å². The molecular weight excluding hydrogens is 345 g/mol. The molecule has 136 valence electrons. The molecular formula is C15H15F3N2O5. The van der Waals surface area contributed by atoms with Gasteiger partial charge in [0.2, 0.25) is 5.72 Å². The van der Waals surface area contributed by atoms with E-state index in [1.54, 1.807) is 0 Å². The molecule has 1 saturated heterocycles. The first-order chi connectivity index (χ1) is 11.5. The Hall–Kier alpha value is -2.62. The van der Waals surface area contributed by atoms with Crippen LogP contribution in [0.4, 0.5) is 18.0 Å². The summed E-state index contributed by atoms with van der Waals surface area (Å²) in [5.41, 5.74) is -3.46. The van der Waals surface area contributed by atoms with E-state index in [0.717, 1.165) is 6.92 Å². The van der Waals surface area contributed by atoms with Crippen LogP contribution in [0.1, 0.15) is 28.9 Å². The Bertz CT molecular complexity index is 704. The fourth-order valence-corrected chi connectivity index (χ4v) is 2.75. The minimum atomic E-state index is -5.27. The van der Waals surface area contributed by atoms with Crippen LogP contribution in [0.3, 0.4) is 0 Å². The average Bonchev–Trinajstić information content (AvgIpc) is 2.52. The van der Waals surface area contributed by atoms with E-state index in [4.69, 9.17) is 0 Å². The van der Waals surface area contributed by atoms with Crippen molar-refractivity contribution in [1.29, 1.82) is 0 Å². The van der Waals surface area contributed by atoms with Gasteiger partial charge in [-0.05, 0) is 24.6 Å². The zero-order chi connectivity index (χ0) is 19.0. The smallest absolute Gasteiger partial charge is 0.437 e. The molecule has 1 aliphatic heterocycles. The Morgan fingerprint density at radius 3 is 2.24 bits per heavy atom. The zero-order valence-electron chi connectivity index (χ0n) is 13.2. The van der Waals surface area contributed by atoms with Gasteiger partial charge in [-0.3, -0.25) is 4.79 Å². The Morgan fingerprint density at radius 1 is 1.24 bits per heavy atom. The number of hydrogen-bond donors (Lipinski definition) is 3. The number of nitrogens with one attached hydrogen (secondary N) is 2. The summed E-state index contributed by atoms with van der Waals surface area (Å²) in [7, 11) is 1.17. The van der Waals surface area contributed by atoms with E-state index in [9.17, 15) is 32.7 Å². The lowest BCUT2D eigenvalue weighted by Crippen LogP contribution is -2.72. The topological polar surface area (TPSA) is 105 Å². The first-order valence-electron chi connectivity index (χ1n) is 7.07. The molecule has 0 aliphatic carbocycles. The molecule has 1 aliphatic rings. The largest absolute Gasteiger partial charge is 0.465 e. The fraction of sp³-hybridized carbons (Fsp3) is 0.400. The number of Topliss-reactive ketones (excluding diaryl/α,β-unsaturated/α-hetero) is 1. The van der Waals surface area contributed by atoms with Crippen LogP contribution in [0.5, 0.6) is 0 Å². The number of ether oxygens (including phenoxy) is 1. The summed E-state index contributed by atoms with van der Waals surface area (Å²) in [5.74, 6) is -3.65. The van der Waals surface area contributed by atoms with Crippen LogP contribution in [-0.4, -0.2) is 41.9 Å². The van der Waals surface area contributed by atoms with E-state index in [1.807, 2.05) is 0 Å². The first kappa shape index (κ1) is 18.7. The maximum absolute atomic E-state index is 13.3. The quantitative estimate of drug-likeness (QED) is 0.705. The van der Waals surface area contributed by atoms with E-state index in [1.165, 1.54) is 36.7 Å². The molecule has 1 aromatic carbocycles. The third kappa shape index (κ3) is 3.29. The zero-order valence-corrected chi connectivity index (χ0v) is 13.2. The molecule has 1 heterocycles. The third-order valence-electron chi connectivity index (χ3n) is 3.94. The second-order valence-corrected chi connectivity index (χ2v) is 5.54. The molecule has 2 amide bonds. The number of carbonyl (C=O) groups is 3. The summed E-state index contributed by atoms with van der Waals surface area (Å²) < 4.78 is 44.4. The Balaban J connectivity index is 2.48. The SMILES string of the molecule is COC(=O)c1ccc([C@@H]2NC(=O)N[C@@](O)(C(F)(F)F)[C@@H]2C(C)=O)cc1. The molecule has 25 heavy (non-hydrogen) atoms. The summed E-state index contributed by atoms with van der Waals surface area (Å²) in [5, 5.41) is 13.6.